The van der Waals surface area contributed by atoms with Gasteiger partial charge in [-0.2, -0.15) is 0 Å². The molecule has 2 aliphatic heterocycles. The lowest BCUT2D eigenvalue weighted by atomic mass is 9.90. The third-order valence-electron chi connectivity index (χ3n) is 4.83. The van der Waals surface area contributed by atoms with Crippen LogP contribution in [0.15, 0.2) is 36.4 Å². The van der Waals surface area contributed by atoms with Gasteiger partial charge in [0, 0.05) is 12.6 Å². The Morgan fingerprint density at radius 2 is 1.92 bits per heavy atom. The van der Waals surface area contributed by atoms with E-state index >= 15 is 0 Å². The van der Waals surface area contributed by atoms with Crippen LogP contribution in [0.1, 0.15) is 50.5 Å². The fourth-order valence-corrected chi connectivity index (χ4v) is 3.58. The zero-order chi connectivity index (χ0) is 17.7. The molecular formula is C18H17N3O4. The van der Waals surface area contributed by atoms with Crippen molar-refractivity contribution in [2.45, 2.75) is 18.6 Å². The maximum atomic E-state index is 12.6. The van der Waals surface area contributed by atoms with E-state index < -0.39 is 12.1 Å². The van der Waals surface area contributed by atoms with E-state index in [-0.39, 0.29) is 28.8 Å². The number of aromatic carboxylic acids is 1. The van der Waals surface area contributed by atoms with Gasteiger partial charge in [0.1, 0.15) is 17.5 Å². The summed E-state index contributed by atoms with van der Waals surface area (Å²) < 4.78 is 0. The number of nitrogens with one attached hydrogen (secondary N) is 1. The lowest BCUT2D eigenvalue weighted by Gasteiger charge is -2.44. The first kappa shape index (κ1) is 15.5. The van der Waals surface area contributed by atoms with Gasteiger partial charge in [-0.25, -0.2) is 4.79 Å². The summed E-state index contributed by atoms with van der Waals surface area (Å²) in [6.45, 7) is 0.621. The molecule has 4 rings (SSSR count). The Bertz CT molecular complexity index is 879. The van der Waals surface area contributed by atoms with Crippen LogP contribution in [-0.2, 0) is 0 Å². The van der Waals surface area contributed by atoms with Gasteiger partial charge in [-0.3, -0.25) is 4.79 Å². The fourth-order valence-electron chi connectivity index (χ4n) is 3.58. The van der Waals surface area contributed by atoms with Crippen LogP contribution in [0.5, 0.6) is 5.75 Å². The van der Waals surface area contributed by atoms with E-state index in [1.807, 2.05) is 4.90 Å². The summed E-state index contributed by atoms with van der Waals surface area (Å²) >= 11 is 0. The third kappa shape index (κ3) is 2.32. The average molecular weight is 339 g/mol. The van der Waals surface area contributed by atoms with Gasteiger partial charge in [0.15, 0.2) is 0 Å². The van der Waals surface area contributed by atoms with Gasteiger partial charge in [-0.05, 0) is 35.7 Å². The monoisotopic (exact) mass is 339 g/mol. The molecule has 25 heavy (non-hydrogen) atoms. The average Bonchev–Trinajstić information content (AvgIpc) is 2.60. The molecule has 2 aliphatic rings. The van der Waals surface area contributed by atoms with E-state index in [1.54, 1.807) is 18.2 Å². The van der Waals surface area contributed by atoms with Crippen molar-refractivity contribution < 1.29 is 19.8 Å². The molecule has 7 heteroatoms. The van der Waals surface area contributed by atoms with Gasteiger partial charge in [0.2, 0.25) is 0 Å². The van der Waals surface area contributed by atoms with Crippen molar-refractivity contribution in [3.8, 4) is 5.75 Å². The van der Waals surface area contributed by atoms with Crippen LogP contribution in [0.25, 0.3) is 0 Å². The molecule has 0 aromatic heterocycles. The molecule has 7 nitrogen and oxygen atoms in total. The molecule has 0 fully saturated rings. The van der Waals surface area contributed by atoms with E-state index in [2.05, 4.69) is 5.32 Å². The number of aromatic hydroxyl groups is 1. The summed E-state index contributed by atoms with van der Waals surface area (Å²) in [6.07, 6.45) is 0.285. The minimum Gasteiger partial charge on any atom is -0.507 e. The highest BCUT2D eigenvalue weighted by Crippen LogP contribution is 2.45. The molecule has 0 aliphatic carbocycles. The minimum atomic E-state index is -0.999. The first-order valence-electron chi connectivity index (χ1n) is 7.99. The SMILES string of the molecule is NC1CCN2c3c1ccc(O)c3C(=O)NC2c1ccc(C(=O)O)cc1. The third-order valence-corrected chi connectivity index (χ3v) is 4.83. The molecule has 2 heterocycles. The largest absolute Gasteiger partial charge is 0.507 e. The van der Waals surface area contributed by atoms with Crippen molar-refractivity contribution in [1.82, 2.24) is 5.32 Å². The molecule has 2 aromatic rings. The molecule has 128 valence electrons. The number of hydrogen-bond acceptors (Lipinski definition) is 5. The summed E-state index contributed by atoms with van der Waals surface area (Å²) in [5.74, 6) is -1.44. The van der Waals surface area contributed by atoms with Crippen molar-refractivity contribution in [2.24, 2.45) is 5.73 Å². The zero-order valence-corrected chi connectivity index (χ0v) is 13.3. The van der Waals surface area contributed by atoms with E-state index in [1.165, 1.54) is 18.2 Å². The number of phenols is 1. The van der Waals surface area contributed by atoms with Gasteiger partial charge >= 0.3 is 5.97 Å². The molecule has 0 radical (unpaired) electrons. The van der Waals surface area contributed by atoms with Crippen molar-refractivity contribution >= 4 is 17.6 Å². The van der Waals surface area contributed by atoms with Crippen LogP contribution >= 0.6 is 0 Å². The Hall–Kier alpha value is -3.06. The summed E-state index contributed by atoms with van der Waals surface area (Å²) in [7, 11) is 0. The molecule has 1 amide bonds. The molecule has 0 saturated heterocycles. The molecular weight excluding hydrogens is 322 g/mol. The first-order chi connectivity index (χ1) is 12.0. The van der Waals surface area contributed by atoms with Crippen molar-refractivity contribution in [3.63, 3.8) is 0 Å². The number of carbonyl (C=O) groups excluding carboxylic acids is 1. The number of carboxylic acid groups (broad SMARTS) is 1. The maximum absolute atomic E-state index is 12.6. The topological polar surface area (TPSA) is 116 Å². The Morgan fingerprint density at radius 1 is 1.20 bits per heavy atom. The number of amides is 1. The highest BCUT2D eigenvalue weighted by Gasteiger charge is 2.38. The second-order valence-electron chi connectivity index (χ2n) is 6.29. The van der Waals surface area contributed by atoms with Gasteiger partial charge < -0.3 is 26.2 Å². The second-order valence-corrected chi connectivity index (χ2v) is 6.29. The van der Waals surface area contributed by atoms with Gasteiger partial charge in [0.05, 0.1) is 11.3 Å². The normalized spacial score (nSPS) is 21.5. The summed E-state index contributed by atoms with van der Waals surface area (Å²) in [5, 5.41) is 22.1. The number of anilines is 1. The van der Waals surface area contributed by atoms with Gasteiger partial charge in [-0.15, -0.1) is 0 Å². The van der Waals surface area contributed by atoms with Crippen LogP contribution in [0, 0.1) is 0 Å². The van der Waals surface area contributed by atoms with Gasteiger partial charge in [-0.1, -0.05) is 18.2 Å². The standard InChI is InChI=1S/C18H17N3O4/c19-12-7-8-21-15-11(12)5-6-13(22)14(15)17(23)20-16(21)9-1-3-10(4-2-9)18(24)25/h1-6,12,16,22H,7-8,19H2,(H,20,23)(H,24,25). The van der Waals surface area contributed by atoms with E-state index in [0.29, 0.717) is 12.2 Å². The lowest BCUT2D eigenvalue weighted by Crippen LogP contribution is -2.49. The van der Waals surface area contributed by atoms with Crippen LogP contribution in [0.2, 0.25) is 0 Å². The Labute approximate surface area is 143 Å². The predicted octanol–water partition coefficient (Wildman–Crippen LogP) is 1.74. The summed E-state index contributed by atoms with van der Waals surface area (Å²) in [5.41, 5.74) is 8.88. The number of phenolic OH excluding ortho intramolecular Hbond substituents is 1. The molecule has 5 N–H and O–H groups in total. The van der Waals surface area contributed by atoms with Crippen LogP contribution in [0.3, 0.4) is 0 Å². The van der Waals surface area contributed by atoms with Crippen molar-refractivity contribution in [1.29, 1.82) is 0 Å². The second kappa shape index (κ2) is 5.49. The number of hydrogen-bond donors (Lipinski definition) is 4. The maximum Gasteiger partial charge on any atom is 0.335 e. The Morgan fingerprint density at radius 3 is 2.60 bits per heavy atom. The van der Waals surface area contributed by atoms with Crippen LogP contribution in [0.4, 0.5) is 5.69 Å². The highest BCUT2D eigenvalue weighted by molar-refractivity contribution is 6.05. The zero-order valence-electron chi connectivity index (χ0n) is 13.3. The van der Waals surface area contributed by atoms with Gasteiger partial charge in [0.25, 0.3) is 5.91 Å². The van der Waals surface area contributed by atoms with Crippen LogP contribution in [-0.4, -0.2) is 28.6 Å². The summed E-state index contributed by atoms with van der Waals surface area (Å²) in [6, 6.07) is 9.48. The molecule has 0 saturated carbocycles. The predicted molar refractivity (Wildman–Crippen MR) is 90.6 cm³/mol. The number of nitrogens with two attached hydrogens (primary N) is 1. The highest BCUT2D eigenvalue weighted by atomic mass is 16.4. The van der Waals surface area contributed by atoms with E-state index in [4.69, 9.17) is 10.8 Å². The molecule has 2 aromatic carbocycles. The first-order valence-corrected chi connectivity index (χ1v) is 7.99. The van der Waals surface area contributed by atoms with Crippen molar-refractivity contribution in [2.75, 3.05) is 11.4 Å². The lowest BCUT2D eigenvalue weighted by molar-refractivity contribution is 0.0696. The smallest absolute Gasteiger partial charge is 0.335 e. The molecule has 2 atom stereocenters. The van der Waals surface area contributed by atoms with E-state index in [9.17, 15) is 14.7 Å². The number of rotatable bonds is 2. The van der Waals surface area contributed by atoms with Crippen molar-refractivity contribution in [3.05, 3.63) is 58.7 Å². The fraction of sp³-hybridized carbons (Fsp3) is 0.222. The minimum absolute atomic E-state index is 0.0741. The van der Waals surface area contributed by atoms with Crippen LogP contribution < -0.4 is 16.0 Å². The molecule has 0 bridgehead atoms. The van der Waals surface area contributed by atoms with E-state index in [0.717, 1.165) is 17.5 Å². The molecule has 0 spiro atoms. The quantitative estimate of drug-likeness (QED) is 0.662. The molecule has 2 unspecified atom stereocenters. The number of nitrogens with zero attached hydrogens (tertiary/aromatic N) is 1. The number of carbonyl (C=O) groups is 2. The Kier molecular flexibility index (Phi) is 3.40. The Balaban J connectivity index is 1.82. The number of carboxylic acids is 1. The summed E-state index contributed by atoms with van der Waals surface area (Å²) in [4.78, 5) is 25.6. The number of benzene rings is 2.